The first-order valence-electron chi connectivity index (χ1n) is 14.8. The first-order valence-corrected chi connectivity index (χ1v) is 14.8. The highest BCUT2D eigenvalue weighted by Crippen LogP contribution is 2.64. The summed E-state index contributed by atoms with van der Waals surface area (Å²) in [7, 11) is 3.16. The molecule has 0 amide bonds. The predicted octanol–water partition coefficient (Wildman–Crippen LogP) is 9.89. The van der Waals surface area contributed by atoms with Crippen LogP contribution in [0.15, 0.2) is 24.3 Å². The first kappa shape index (κ1) is 31.3. The van der Waals surface area contributed by atoms with Gasteiger partial charge in [0.15, 0.2) is 23.3 Å². The maximum absolute atomic E-state index is 15.1. The monoisotopic (exact) mass is 600 g/mol. The Morgan fingerprint density at radius 2 is 1.12 bits per heavy atom. The summed E-state index contributed by atoms with van der Waals surface area (Å²) in [4.78, 5) is 0. The summed E-state index contributed by atoms with van der Waals surface area (Å²) < 4.78 is 84.5. The van der Waals surface area contributed by atoms with Gasteiger partial charge in [0, 0.05) is 22.5 Å². The number of rotatable bonds is 5. The fourth-order valence-electron chi connectivity index (χ4n) is 8.09. The molecule has 43 heavy (non-hydrogen) atoms. The summed E-state index contributed by atoms with van der Waals surface area (Å²) >= 11 is 0. The number of methoxy groups -OCH3 is 2. The van der Waals surface area contributed by atoms with Crippen LogP contribution in [0, 0.1) is 29.1 Å². The molecule has 2 atom stereocenters. The molecule has 3 aromatic rings. The second-order valence-electron chi connectivity index (χ2n) is 14.6. The maximum atomic E-state index is 15.1. The van der Waals surface area contributed by atoms with Crippen molar-refractivity contribution in [2.45, 2.75) is 102 Å². The van der Waals surface area contributed by atoms with Gasteiger partial charge in [-0.05, 0) is 75.5 Å². The van der Waals surface area contributed by atoms with E-state index in [1.54, 1.807) is 14.0 Å². The summed E-state index contributed by atoms with van der Waals surface area (Å²) in [6.45, 7) is 17.0. The van der Waals surface area contributed by atoms with Gasteiger partial charge >= 0.3 is 0 Å². The number of ether oxygens (including phenoxy) is 2. The molecule has 0 saturated heterocycles. The average Bonchev–Trinajstić information content (AvgIpc) is 3.29. The Kier molecular flexibility index (Phi) is 7.26. The smallest absolute Gasteiger partial charge is 0.200 e. The summed E-state index contributed by atoms with van der Waals surface area (Å²) in [6.07, 6.45) is 1.71. The maximum Gasteiger partial charge on any atom is 0.200 e. The zero-order valence-electron chi connectivity index (χ0n) is 26.7. The van der Waals surface area contributed by atoms with E-state index in [-0.39, 0.29) is 28.1 Å². The van der Waals surface area contributed by atoms with Crippen molar-refractivity contribution >= 4 is 0 Å². The lowest BCUT2D eigenvalue weighted by Crippen LogP contribution is -2.27. The molecular weight excluding hydrogens is 559 g/mol. The Morgan fingerprint density at radius 1 is 0.674 bits per heavy atom. The minimum atomic E-state index is -2.16. The molecule has 2 nitrogen and oxygen atoms in total. The van der Waals surface area contributed by atoms with Crippen LogP contribution in [0.3, 0.4) is 0 Å². The van der Waals surface area contributed by atoms with Crippen molar-refractivity contribution in [3.63, 3.8) is 0 Å². The van der Waals surface area contributed by atoms with E-state index in [1.807, 2.05) is 12.1 Å². The SMILES string of the molecule is CCC(c1cc2c(cc1OC)C1(CC2(C)C)CC(C)(C)c2cc(C(C)(C)C)c(OC)cc21)c1c(F)c(F)c(F)c(F)c1F. The summed E-state index contributed by atoms with van der Waals surface area (Å²) in [5.41, 5.74) is 4.15. The van der Waals surface area contributed by atoms with E-state index in [0.717, 1.165) is 35.3 Å². The molecule has 0 aliphatic heterocycles. The van der Waals surface area contributed by atoms with Crippen LogP contribution in [0.2, 0.25) is 0 Å². The largest absolute Gasteiger partial charge is 0.496 e. The molecule has 2 aliphatic rings. The standard InChI is InChI=1S/C36H41F5O2/c1-11-18(27-28(37)30(39)32(41)31(40)29(27)38)19-12-20-22(14-25(19)42-9)36(16-34(20,5)6)17-35(7,8)21-13-24(33(2,3)4)26(43-10)15-23(21)36/h12-15,18H,11,16-17H2,1-10H3. The van der Waals surface area contributed by atoms with Crippen LogP contribution in [0.4, 0.5) is 22.0 Å². The van der Waals surface area contributed by atoms with Gasteiger partial charge in [0.1, 0.15) is 11.5 Å². The zero-order valence-corrected chi connectivity index (χ0v) is 26.7. The number of benzene rings is 3. The molecule has 0 saturated carbocycles. The molecule has 0 fully saturated rings. The third kappa shape index (κ3) is 4.47. The molecular formula is C36H41F5O2. The summed E-state index contributed by atoms with van der Waals surface area (Å²) in [6, 6.07) is 8.28. The number of fused-ring (bicyclic) bond motifs is 4. The molecule has 2 unspecified atom stereocenters. The number of hydrogen-bond acceptors (Lipinski definition) is 2. The highest BCUT2D eigenvalue weighted by molar-refractivity contribution is 5.65. The van der Waals surface area contributed by atoms with Crippen LogP contribution in [-0.2, 0) is 21.7 Å². The number of halogens is 5. The molecule has 5 rings (SSSR count). The second-order valence-corrected chi connectivity index (χ2v) is 14.6. The molecule has 0 aromatic heterocycles. The lowest BCUT2D eigenvalue weighted by Gasteiger charge is -2.31. The van der Waals surface area contributed by atoms with Gasteiger partial charge in [-0.2, -0.15) is 0 Å². The highest BCUT2D eigenvalue weighted by atomic mass is 19.2. The van der Waals surface area contributed by atoms with E-state index in [9.17, 15) is 13.2 Å². The Hall–Kier alpha value is -3.09. The zero-order chi connectivity index (χ0) is 32.0. The van der Waals surface area contributed by atoms with Crippen molar-refractivity contribution in [1.82, 2.24) is 0 Å². The molecule has 0 heterocycles. The molecule has 0 N–H and O–H groups in total. The molecule has 3 aromatic carbocycles. The minimum Gasteiger partial charge on any atom is -0.496 e. The molecule has 7 heteroatoms. The molecule has 232 valence electrons. The van der Waals surface area contributed by atoms with Gasteiger partial charge < -0.3 is 9.47 Å². The van der Waals surface area contributed by atoms with Crippen molar-refractivity contribution in [1.29, 1.82) is 0 Å². The van der Waals surface area contributed by atoms with E-state index in [4.69, 9.17) is 9.47 Å². The summed E-state index contributed by atoms with van der Waals surface area (Å²) in [5.74, 6) is -9.60. The summed E-state index contributed by atoms with van der Waals surface area (Å²) in [5, 5.41) is 0. The van der Waals surface area contributed by atoms with E-state index < -0.39 is 40.6 Å². The normalized spacial score (nSPS) is 20.7. The van der Waals surface area contributed by atoms with Crippen molar-refractivity contribution in [2.75, 3.05) is 14.2 Å². The Morgan fingerprint density at radius 3 is 1.56 bits per heavy atom. The van der Waals surface area contributed by atoms with Gasteiger partial charge in [-0.3, -0.25) is 0 Å². The van der Waals surface area contributed by atoms with Crippen LogP contribution in [0.25, 0.3) is 0 Å². The van der Waals surface area contributed by atoms with Crippen LogP contribution >= 0.6 is 0 Å². The number of hydrogen-bond donors (Lipinski definition) is 0. The quantitative estimate of drug-likeness (QED) is 0.165. The molecule has 0 radical (unpaired) electrons. The highest BCUT2D eigenvalue weighted by Gasteiger charge is 2.57. The van der Waals surface area contributed by atoms with E-state index in [2.05, 4.69) is 60.6 Å². The van der Waals surface area contributed by atoms with Crippen molar-refractivity contribution in [3.05, 3.63) is 92.3 Å². The topological polar surface area (TPSA) is 18.5 Å². The fourth-order valence-corrected chi connectivity index (χ4v) is 8.09. The van der Waals surface area contributed by atoms with Gasteiger partial charge in [0.25, 0.3) is 0 Å². The van der Waals surface area contributed by atoms with Gasteiger partial charge in [0.05, 0.1) is 14.2 Å². The van der Waals surface area contributed by atoms with Crippen LogP contribution < -0.4 is 9.47 Å². The van der Waals surface area contributed by atoms with Crippen molar-refractivity contribution < 1.29 is 31.4 Å². The van der Waals surface area contributed by atoms with Crippen molar-refractivity contribution in [3.8, 4) is 11.5 Å². The van der Waals surface area contributed by atoms with E-state index in [1.165, 1.54) is 18.2 Å². The van der Waals surface area contributed by atoms with Gasteiger partial charge in [-0.1, -0.05) is 67.5 Å². The predicted molar refractivity (Wildman–Crippen MR) is 159 cm³/mol. The Bertz CT molecular complexity index is 1600. The second kappa shape index (κ2) is 9.97. The lowest BCUT2D eigenvalue weighted by atomic mass is 9.72. The van der Waals surface area contributed by atoms with Crippen LogP contribution in [0.5, 0.6) is 11.5 Å². The van der Waals surface area contributed by atoms with Gasteiger partial charge in [-0.15, -0.1) is 0 Å². The van der Waals surface area contributed by atoms with E-state index >= 15 is 8.78 Å². The Labute approximate surface area is 251 Å². The average molecular weight is 601 g/mol. The lowest BCUT2D eigenvalue weighted by molar-refractivity contribution is 0.348. The van der Waals surface area contributed by atoms with Crippen LogP contribution in [0.1, 0.15) is 120 Å². The van der Waals surface area contributed by atoms with Crippen LogP contribution in [-0.4, -0.2) is 14.2 Å². The fraction of sp³-hybridized carbons (Fsp3) is 0.500. The van der Waals surface area contributed by atoms with E-state index in [0.29, 0.717) is 11.3 Å². The molecule has 1 spiro atoms. The van der Waals surface area contributed by atoms with Gasteiger partial charge in [-0.25, -0.2) is 22.0 Å². The van der Waals surface area contributed by atoms with Gasteiger partial charge in [0.2, 0.25) is 5.82 Å². The molecule has 0 bridgehead atoms. The third-order valence-corrected chi connectivity index (χ3v) is 9.87. The minimum absolute atomic E-state index is 0.0989. The third-order valence-electron chi connectivity index (χ3n) is 9.87. The van der Waals surface area contributed by atoms with Crippen molar-refractivity contribution in [2.24, 2.45) is 0 Å². The molecule has 2 aliphatic carbocycles. The first-order chi connectivity index (χ1) is 19.9. The Balaban J connectivity index is 1.79.